The van der Waals surface area contributed by atoms with Gasteiger partial charge in [-0.15, -0.1) is 0 Å². The maximum Gasteiger partial charge on any atom is 0.237 e. The number of benzene rings is 1. The van der Waals surface area contributed by atoms with Crippen molar-refractivity contribution in [2.75, 3.05) is 6.54 Å². The number of carbonyl (C=O) groups is 1. The first kappa shape index (κ1) is 14.7. The Morgan fingerprint density at radius 2 is 2.19 bits per heavy atom. The van der Waals surface area contributed by atoms with Crippen LogP contribution in [0.4, 0.5) is 0 Å². The molecule has 0 saturated heterocycles. The second-order valence-corrected chi connectivity index (χ2v) is 4.64. The number of rotatable bonds is 6. The number of aryl methyl sites for hydroxylation is 1. The lowest BCUT2D eigenvalue weighted by Gasteiger charge is -2.09. The van der Waals surface area contributed by atoms with E-state index in [9.17, 15) is 4.79 Å². The summed E-state index contributed by atoms with van der Waals surface area (Å²) in [5.41, 5.74) is 0.966. The number of carbonyl (C=O) groups excluding carboxylic acids is 1. The van der Waals surface area contributed by atoms with Crippen LogP contribution >= 0.6 is 0 Å². The first-order valence-corrected chi connectivity index (χ1v) is 6.69. The van der Waals surface area contributed by atoms with E-state index in [1.807, 2.05) is 36.4 Å². The highest BCUT2D eigenvalue weighted by molar-refractivity contribution is 5.81. The summed E-state index contributed by atoms with van der Waals surface area (Å²) in [6.45, 7) is 2.09. The van der Waals surface area contributed by atoms with Crippen LogP contribution in [0.3, 0.4) is 0 Å². The minimum absolute atomic E-state index is 0.276. The van der Waals surface area contributed by atoms with Gasteiger partial charge in [0.25, 0.3) is 0 Å². The Morgan fingerprint density at radius 1 is 1.43 bits per heavy atom. The van der Waals surface area contributed by atoms with Gasteiger partial charge in [0.15, 0.2) is 5.82 Å². The van der Waals surface area contributed by atoms with Crippen molar-refractivity contribution in [2.24, 2.45) is 5.92 Å². The molecule has 21 heavy (non-hydrogen) atoms. The molecular weight excluding hydrogens is 268 g/mol. The van der Waals surface area contributed by atoms with E-state index in [0.29, 0.717) is 31.1 Å². The van der Waals surface area contributed by atoms with Crippen molar-refractivity contribution >= 4 is 5.91 Å². The zero-order valence-electron chi connectivity index (χ0n) is 11.7. The summed E-state index contributed by atoms with van der Waals surface area (Å²) >= 11 is 0. The lowest BCUT2D eigenvalue weighted by molar-refractivity contribution is -0.123. The molecule has 1 N–H and O–H groups in total. The normalized spacial score (nSPS) is 11.6. The molecular formula is C15H16N4O2. The van der Waals surface area contributed by atoms with Crippen LogP contribution in [0.5, 0.6) is 0 Å². The van der Waals surface area contributed by atoms with Gasteiger partial charge in [-0.2, -0.15) is 10.2 Å². The van der Waals surface area contributed by atoms with Gasteiger partial charge in [0, 0.05) is 19.9 Å². The Bertz CT molecular complexity index is 631. The van der Waals surface area contributed by atoms with Crippen LogP contribution in [0.25, 0.3) is 0 Å². The van der Waals surface area contributed by atoms with Crippen molar-refractivity contribution in [1.29, 1.82) is 5.26 Å². The average Bonchev–Trinajstić information content (AvgIpc) is 2.91. The van der Waals surface area contributed by atoms with Crippen molar-refractivity contribution in [3.05, 3.63) is 47.6 Å². The first-order valence-electron chi connectivity index (χ1n) is 6.69. The predicted octanol–water partition coefficient (Wildman–Crippen LogP) is 1.42. The molecule has 6 heteroatoms. The fraction of sp³-hybridized carbons (Fsp3) is 0.333. The number of hydrogen-bond donors (Lipinski definition) is 1. The maximum absolute atomic E-state index is 12.0. The molecule has 1 atom stereocenters. The largest absolute Gasteiger partial charge is 0.354 e. The summed E-state index contributed by atoms with van der Waals surface area (Å²) in [4.78, 5) is 16.0. The summed E-state index contributed by atoms with van der Waals surface area (Å²) in [5, 5.41) is 15.6. The second kappa shape index (κ2) is 7.20. The SMILES string of the molecule is Cc1nc(CCNC(=O)C(C#N)Cc2ccccc2)no1. The van der Waals surface area contributed by atoms with Crippen LogP contribution in [0, 0.1) is 24.2 Å². The number of nitrogens with zero attached hydrogens (tertiary/aromatic N) is 3. The molecule has 2 rings (SSSR count). The highest BCUT2D eigenvalue weighted by atomic mass is 16.5. The number of nitrogens with one attached hydrogen (secondary N) is 1. The molecule has 0 radical (unpaired) electrons. The highest BCUT2D eigenvalue weighted by Crippen LogP contribution is 2.08. The molecule has 0 saturated carbocycles. The van der Waals surface area contributed by atoms with Crippen LogP contribution in [0.2, 0.25) is 0 Å². The summed E-state index contributed by atoms with van der Waals surface area (Å²) in [7, 11) is 0. The zero-order chi connectivity index (χ0) is 15.1. The molecule has 1 amide bonds. The van der Waals surface area contributed by atoms with Crippen molar-refractivity contribution in [3.63, 3.8) is 0 Å². The van der Waals surface area contributed by atoms with Gasteiger partial charge in [0.2, 0.25) is 11.8 Å². The van der Waals surface area contributed by atoms with Crippen molar-refractivity contribution in [1.82, 2.24) is 15.5 Å². The van der Waals surface area contributed by atoms with Gasteiger partial charge in [-0.1, -0.05) is 35.5 Å². The van der Waals surface area contributed by atoms with Gasteiger partial charge in [-0.25, -0.2) is 0 Å². The Hall–Kier alpha value is -2.68. The predicted molar refractivity (Wildman–Crippen MR) is 75.0 cm³/mol. The monoisotopic (exact) mass is 284 g/mol. The number of nitriles is 1. The van der Waals surface area contributed by atoms with E-state index in [-0.39, 0.29) is 5.91 Å². The fourth-order valence-electron chi connectivity index (χ4n) is 1.91. The van der Waals surface area contributed by atoms with Crippen molar-refractivity contribution < 1.29 is 9.32 Å². The third-order valence-corrected chi connectivity index (χ3v) is 2.97. The molecule has 6 nitrogen and oxygen atoms in total. The third kappa shape index (κ3) is 4.42. The van der Waals surface area contributed by atoms with E-state index in [0.717, 1.165) is 5.56 Å². The third-order valence-electron chi connectivity index (χ3n) is 2.97. The molecule has 0 bridgehead atoms. The van der Waals surface area contributed by atoms with Crippen LogP contribution in [-0.4, -0.2) is 22.6 Å². The summed E-state index contributed by atoms with van der Waals surface area (Å²) in [5.74, 6) is 0.0700. The molecule has 0 aliphatic rings. The van der Waals surface area contributed by atoms with Crippen LogP contribution in [0.1, 0.15) is 17.3 Å². The molecule has 0 spiro atoms. The zero-order valence-corrected chi connectivity index (χ0v) is 11.7. The molecule has 0 fully saturated rings. The van der Waals surface area contributed by atoms with E-state index in [2.05, 4.69) is 15.5 Å². The molecule has 0 aliphatic carbocycles. The van der Waals surface area contributed by atoms with Gasteiger partial charge in [0.1, 0.15) is 5.92 Å². The lowest BCUT2D eigenvalue weighted by atomic mass is 10.00. The van der Waals surface area contributed by atoms with E-state index >= 15 is 0 Å². The number of amides is 1. The Kier molecular flexibility index (Phi) is 5.04. The highest BCUT2D eigenvalue weighted by Gasteiger charge is 2.18. The van der Waals surface area contributed by atoms with Gasteiger partial charge in [-0.3, -0.25) is 4.79 Å². The molecule has 1 heterocycles. The first-order chi connectivity index (χ1) is 10.2. The van der Waals surface area contributed by atoms with Crippen LogP contribution in [0.15, 0.2) is 34.9 Å². The maximum atomic E-state index is 12.0. The van der Waals surface area contributed by atoms with Gasteiger partial charge >= 0.3 is 0 Å². The number of hydrogen-bond acceptors (Lipinski definition) is 5. The Morgan fingerprint density at radius 3 is 2.81 bits per heavy atom. The van der Waals surface area contributed by atoms with E-state index in [1.165, 1.54) is 0 Å². The lowest BCUT2D eigenvalue weighted by Crippen LogP contribution is -2.32. The number of aromatic nitrogens is 2. The standard InChI is InChI=1S/C15H16N4O2/c1-11-18-14(19-21-11)7-8-17-15(20)13(10-16)9-12-5-3-2-4-6-12/h2-6,13H,7-9H2,1H3,(H,17,20). The molecule has 1 unspecified atom stereocenters. The molecule has 1 aromatic carbocycles. The minimum atomic E-state index is -0.695. The van der Waals surface area contributed by atoms with Gasteiger partial charge < -0.3 is 9.84 Å². The van der Waals surface area contributed by atoms with Crippen molar-refractivity contribution in [3.8, 4) is 6.07 Å². The van der Waals surface area contributed by atoms with E-state index < -0.39 is 5.92 Å². The van der Waals surface area contributed by atoms with Gasteiger partial charge in [-0.05, 0) is 12.0 Å². The molecule has 1 aromatic heterocycles. The Labute approximate surface area is 122 Å². The van der Waals surface area contributed by atoms with E-state index in [1.54, 1.807) is 6.92 Å². The second-order valence-electron chi connectivity index (χ2n) is 4.64. The van der Waals surface area contributed by atoms with Crippen molar-refractivity contribution in [2.45, 2.75) is 19.8 Å². The topological polar surface area (TPSA) is 91.8 Å². The van der Waals surface area contributed by atoms with Gasteiger partial charge in [0.05, 0.1) is 6.07 Å². The Balaban J connectivity index is 1.82. The van der Waals surface area contributed by atoms with Crippen LogP contribution in [-0.2, 0) is 17.6 Å². The smallest absolute Gasteiger partial charge is 0.237 e. The quantitative estimate of drug-likeness (QED) is 0.866. The molecule has 0 aliphatic heterocycles. The molecule has 108 valence electrons. The summed E-state index contributed by atoms with van der Waals surface area (Å²) in [6.07, 6.45) is 0.886. The fourth-order valence-corrected chi connectivity index (χ4v) is 1.91. The minimum Gasteiger partial charge on any atom is -0.354 e. The summed E-state index contributed by atoms with van der Waals surface area (Å²) in [6, 6.07) is 11.5. The average molecular weight is 284 g/mol. The molecule has 2 aromatic rings. The summed E-state index contributed by atoms with van der Waals surface area (Å²) < 4.78 is 4.84. The van der Waals surface area contributed by atoms with Crippen LogP contribution < -0.4 is 5.32 Å². The van der Waals surface area contributed by atoms with E-state index in [4.69, 9.17) is 9.78 Å².